The van der Waals surface area contributed by atoms with E-state index in [0.29, 0.717) is 36.9 Å². The number of nitrogens with zero attached hydrogens (tertiary/aromatic N) is 2. The van der Waals surface area contributed by atoms with E-state index < -0.39 is 36.0 Å². The lowest BCUT2D eigenvalue weighted by atomic mass is 9.75. The number of hydrogen-bond donors (Lipinski definition) is 7. The molecule has 0 radical (unpaired) electrons. The number of hydrogen-bond acceptors (Lipinski definition) is 9. The van der Waals surface area contributed by atoms with E-state index in [4.69, 9.17) is 5.41 Å². The molecule has 1 heterocycles. The normalized spacial score (nSPS) is 16.1. The molecule has 1 aromatic rings. The standard InChI is InChI=1S/C34H54BN7O8/c1-23(2)22-29(35(47)48)39-31(44)28(19-13-20-37-34(36)40-42(49)50)38-30(43)25(24-14-8-9-15-24)16-7-5-3-4-6-12-21-41-32(45)26-17-10-11-18-27(26)33(41)46/h10-11,17-18,23-25,28-29,47-48H,3-9,12-16,19-22H2,1-2H3,(H,38,43)(H,39,44)(H3,36,37,40)/t25?,28-,29-/m0/s1. The highest BCUT2D eigenvalue weighted by Crippen LogP contribution is 2.34. The van der Waals surface area contributed by atoms with Gasteiger partial charge in [0.15, 0.2) is 5.03 Å². The molecule has 276 valence electrons. The molecule has 1 unspecified atom stereocenters. The predicted octanol–water partition coefficient (Wildman–Crippen LogP) is 2.93. The monoisotopic (exact) mass is 699 g/mol. The molecular formula is C34H54BN7O8. The molecule has 0 aromatic heterocycles. The smallest absolute Gasteiger partial charge is 0.426 e. The molecule has 1 aromatic carbocycles. The first kappa shape index (κ1) is 40.4. The fraction of sp³-hybridized carbons (Fsp3) is 0.676. The molecule has 1 aliphatic heterocycles. The molecule has 7 N–H and O–H groups in total. The summed E-state index contributed by atoms with van der Waals surface area (Å²) in [5.41, 5.74) is 2.64. The van der Waals surface area contributed by atoms with Gasteiger partial charge in [0.2, 0.25) is 11.8 Å². The number of nitro groups is 1. The summed E-state index contributed by atoms with van der Waals surface area (Å²) in [5, 5.41) is 45.2. The summed E-state index contributed by atoms with van der Waals surface area (Å²) in [5.74, 6) is -2.62. The van der Waals surface area contributed by atoms with E-state index in [-0.39, 0.29) is 48.4 Å². The second-order valence-electron chi connectivity index (χ2n) is 13.9. The lowest BCUT2D eigenvalue weighted by Gasteiger charge is -2.28. The number of nitrogens with one attached hydrogen (secondary N) is 5. The Labute approximate surface area is 294 Å². The van der Waals surface area contributed by atoms with Crippen molar-refractivity contribution in [3.63, 3.8) is 0 Å². The Bertz CT molecular complexity index is 1290. The lowest BCUT2D eigenvalue weighted by molar-refractivity contribution is -0.525. The number of fused-ring (bicyclic) bond motifs is 1. The van der Waals surface area contributed by atoms with Crippen molar-refractivity contribution in [1.82, 2.24) is 26.3 Å². The van der Waals surface area contributed by atoms with Crippen molar-refractivity contribution in [3.8, 4) is 0 Å². The number of carbonyl (C=O) groups excluding carboxylic acids is 4. The molecule has 3 atom stereocenters. The van der Waals surface area contributed by atoms with Gasteiger partial charge < -0.3 is 26.0 Å². The molecule has 0 spiro atoms. The van der Waals surface area contributed by atoms with Gasteiger partial charge in [0.25, 0.3) is 17.8 Å². The van der Waals surface area contributed by atoms with E-state index >= 15 is 0 Å². The third-order valence-electron chi connectivity index (χ3n) is 9.55. The molecule has 1 saturated carbocycles. The Kier molecular flexibility index (Phi) is 16.6. The van der Waals surface area contributed by atoms with Crippen molar-refractivity contribution < 1.29 is 34.3 Å². The molecule has 2 aliphatic rings. The van der Waals surface area contributed by atoms with Gasteiger partial charge in [-0.3, -0.25) is 29.5 Å². The molecule has 1 fully saturated rings. The molecule has 15 nitrogen and oxygen atoms in total. The molecule has 50 heavy (non-hydrogen) atoms. The second-order valence-corrected chi connectivity index (χ2v) is 13.9. The first-order valence-electron chi connectivity index (χ1n) is 18.0. The minimum absolute atomic E-state index is 0.0718. The van der Waals surface area contributed by atoms with Crippen molar-refractivity contribution in [2.75, 3.05) is 13.1 Å². The van der Waals surface area contributed by atoms with Crippen molar-refractivity contribution in [3.05, 3.63) is 45.5 Å². The summed E-state index contributed by atoms with van der Waals surface area (Å²) in [4.78, 5) is 64.2. The third-order valence-corrected chi connectivity index (χ3v) is 9.55. The van der Waals surface area contributed by atoms with Crippen LogP contribution in [0.15, 0.2) is 24.3 Å². The maximum atomic E-state index is 13.8. The van der Waals surface area contributed by atoms with Crippen LogP contribution in [-0.2, 0) is 9.59 Å². The van der Waals surface area contributed by atoms with Gasteiger partial charge >= 0.3 is 7.12 Å². The van der Waals surface area contributed by atoms with E-state index in [0.717, 1.165) is 64.2 Å². The summed E-state index contributed by atoms with van der Waals surface area (Å²) in [7, 11) is -1.78. The average Bonchev–Trinajstić information content (AvgIpc) is 3.67. The predicted molar refractivity (Wildman–Crippen MR) is 188 cm³/mol. The van der Waals surface area contributed by atoms with E-state index in [1.54, 1.807) is 29.7 Å². The summed E-state index contributed by atoms with van der Waals surface area (Å²) in [6, 6.07) is 5.91. The fourth-order valence-corrected chi connectivity index (χ4v) is 6.97. The zero-order valence-electron chi connectivity index (χ0n) is 29.3. The number of guanidine groups is 1. The quantitative estimate of drug-likeness (QED) is 0.0178. The van der Waals surface area contributed by atoms with Crippen LogP contribution in [0, 0.1) is 33.3 Å². The summed E-state index contributed by atoms with van der Waals surface area (Å²) < 4.78 is 0. The van der Waals surface area contributed by atoms with Crippen molar-refractivity contribution in [1.29, 1.82) is 5.41 Å². The van der Waals surface area contributed by atoms with Crippen LogP contribution in [0.4, 0.5) is 0 Å². The van der Waals surface area contributed by atoms with Gasteiger partial charge in [-0.2, -0.15) is 0 Å². The molecule has 3 rings (SSSR count). The molecule has 1 aliphatic carbocycles. The van der Waals surface area contributed by atoms with Crippen LogP contribution in [0.2, 0.25) is 0 Å². The number of unbranched alkanes of at least 4 members (excludes halogenated alkanes) is 5. The Morgan fingerprint density at radius 3 is 2.12 bits per heavy atom. The molecular weight excluding hydrogens is 645 g/mol. The van der Waals surface area contributed by atoms with Crippen LogP contribution < -0.4 is 21.4 Å². The van der Waals surface area contributed by atoms with Crippen molar-refractivity contribution >= 4 is 36.7 Å². The van der Waals surface area contributed by atoms with Gasteiger partial charge in [0.05, 0.1) is 17.1 Å². The number of amides is 4. The molecule has 4 amide bonds. The largest absolute Gasteiger partial charge is 0.475 e. The SMILES string of the molecule is CC(C)C[C@H](NC(=O)[C@H](CCCNC(=N)N[N+](=O)[O-])NC(=O)C(CCCCCCCCN1C(=O)c2ccccc2C1=O)C1CCCC1)B(O)O. The molecule has 0 saturated heterocycles. The number of benzene rings is 1. The number of carbonyl (C=O) groups is 4. The maximum Gasteiger partial charge on any atom is 0.475 e. The topological polar surface area (TPSA) is 227 Å². The van der Waals surface area contributed by atoms with Crippen LogP contribution in [0.1, 0.15) is 124 Å². The summed E-state index contributed by atoms with van der Waals surface area (Å²) in [6.07, 6.45) is 10.7. The number of rotatable bonds is 22. The fourth-order valence-electron chi connectivity index (χ4n) is 6.97. The van der Waals surface area contributed by atoms with Crippen LogP contribution in [0.3, 0.4) is 0 Å². The lowest BCUT2D eigenvalue weighted by Crippen LogP contribution is -2.55. The van der Waals surface area contributed by atoms with Crippen molar-refractivity contribution in [2.45, 2.75) is 116 Å². The van der Waals surface area contributed by atoms with Gasteiger partial charge in [-0.05, 0) is 68.9 Å². The van der Waals surface area contributed by atoms with Crippen LogP contribution >= 0.6 is 0 Å². The van der Waals surface area contributed by atoms with Gasteiger partial charge in [-0.1, -0.05) is 76.4 Å². The highest BCUT2D eigenvalue weighted by atomic mass is 16.7. The Morgan fingerprint density at radius 1 is 0.940 bits per heavy atom. The van der Waals surface area contributed by atoms with Gasteiger partial charge in [-0.15, -0.1) is 0 Å². The minimum atomic E-state index is -1.78. The van der Waals surface area contributed by atoms with Gasteiger partial charge in [0, 0.05) is 19.0 Å². The van der Waals surface area contributed by atoms with E-state index in [1.807, 2.05) is 13.8 Å². The third kappa shape index (κ3) is 12.7. The van der Waals surface area contributed by atoms with E-state index in [2.05, 4.69) is 16.0 Å². The minimum Gasteiger partial charge on any atom is -0.426 e. The average molecular weight is 700 g/mol. The van der Waals surface area contributed by atoms with E-state index in [1.165, 1.54) is 4.90 Å². The first-order chi connectivity index (χ1) is 23.9. The highest BCUT2D eigenvalue weighted by molar-refractivity contribution is 6.43. The highest BCUT2D eigenvalue weighted by Gasteiger charge is 2.35. The zero-order chi connectivity index (χ0) is 36.6. The zero-order valence-corrected chi connectivity index (χ0v) is 29.3. The van der Waals surface area contributed by atoms with Gasteiger partial charge in [0.1, 0.15) is 6.04 Å². The van der Waals surface area contributed by atoms with E-state index in [9.17, 15) is 39.3 Å². The number of imide groups is 1. The number of hydrazine groups is 1. The Hall–Kier alpha value is -4.05. The summed E-state index contributed by atoms with van der Waals surface area (Å²) >= 11 is 0. The Morgan fingerprint density at radius 2 is 1.54 bits per heavy atom. The Balaban J connectivity index is 1.50. The maximum absolute atomic E-state index is 13.8. The second kappa shape index (κ2) is 20.6. The van der Waals surface area contributed by atoms with Crippen LogP contribution in [-0.4, -0.2) is 81.8 Å². The van der Waals surface area contributed by atoms with Crippen molar-refractivity contribution in [2.24, 2.45) is 17.8 Å². The first-order valence-corrected chi connectivity index (χ1v) is 18.0. The molecule has 16 heteroatoms. The summed E-state index contributed by atoms with van der Waals surface area (Å²) in [6.45, 7) is 4.33. The van der Waals surface area contributed by atoms with Crippen LogP contribution in [0.5, 0.6) is 0 Å². The van der Waals surface area contributed by atoms with Crippen LogP contribution in [0.25, 0.3) is 0 Å². The van der Waals surface area contributed by atoms with Gasteiger partial charge in [-0.25, -0.2) is 10.1 Å². The molecule has 0 bridgehead atoms.